The third-order valence-corrected chi connectivity index (χ3v) is 5.25. The lowest BCUT2D eigenvalue weighted by atomic mass is 9.84. The monoisotopic (exact) mass is 351 g/mol. The van der Waals surface area contributed by atoms with Gasteiger partial charge < -0.3 is 14.7 Å². The number of aryl methyl sites for hydroxylation is 1. The van der Waals surface area contributed by atoms with Crippen LogP contribution in [0.5, 0.6) is 0 Å². The Labute approximate surface area is 146 Å². The molecule has 0 aromatic heterocycles. The van der Waals surface area contributed by atoms with Gasteiger partial charge in [-0.2, -0.15) is 0 Å². The van der Waals surface area contributed by atoms with Crippen LogP contribution in [0.15, 0.2) is 18.2 Å². The van der Waals surface area contributed by atoms with E-state index >= 15 is 0 Å². The van der Waals surface area contributed by atoms with Crippen LogP contribution in [-0.4, -0.2) is 47.7 Å². The standard InChI is InChI=1S/C18H22ClNO4/c1-11-8-13(10-14(19)9-11)17(21)20-5-2-12(3-6-20)16-15(18(22)23)4-7-24-16/h8-10,12,15-16H,2-7H2,1H3,(H,22,23)/t15?,16-/m0/s1. The Balaban J connectivity index is 1.62. The zero-order chi connectivity index (χ0) is 17.3. The van der Waals surface area contributed by atoms with Crippen molar-refractivity contribution in [3.63, 3.8) is 0 Å². The summed E-state index contributed by atoms with van der Waals surface area (Å²) in [5.74, 6) is -0.988. The third kappa shape index (κ3) is 3.57. The first kappa shape index (κ1) is 17.2. The normalized spacial score (nSPS) is 25.0. The summed E-state index contributed by atoms with van der Waals surface area (Å²) in [6, 6.07) is 5.37. The molecule has 1 unspecified atom stereocenters. The smallest absolute Gasteiger partial charge is 0.309 e. The van der Waals surface area contributed by atoms with E-state index in [1.165, 1.54) is 0 Å². The Kier molecular flexibility index (Phi) is 5.11. The summed E-state index contributed by atoms with van der Waals surface area (Å²) >= 11 is 6.05. The van der Waals surface area contributed by atoms with Crippen molar-refractivity contribution in [3.05, 3.63) is 34.3 Å². The largest absolute Gasteiger partial charge is 0.481 e. The molecule has 0 spiro atoms. The summed E-state index contributed by atoms with van der Waals surface area (Å²) in [6.45, 7) is 3.68. The molecule has 0 saturated carbocycles. The van der Waals surface area contributed by atoms with Crippen molar-refractivity contribution < 1.29 is 19.4 Å². The number of carbonyl (C=O) groups excluding carboxylic acids is 1. The number of aliphatic carboxylic acids is 1. The number of ether oxygens (including phenoxy) is 1. The molecule has 24 heavy (non-hydrogen) atoms. The second-order valence-electron chi connectivity index (χ2n) is 6.72. The quantitative estimate of drug-likeness (QED) is 0.909. The highest BCUT2D eigenvalue weighted by atomic mass is 35.5. The molecule has 1 aromatic carbocycles. The molecule has 2 atom stereocenters. The van der Waals surface area contributed by atoms with Crippen molar-refractivity contribution in [3.8, 4) is 0 Å². The average Bonchev–Trinajstić information content (AvgIpc) is 3.03. The van der Waals surface area contributed by atoms with Gasteiger partial charge in [0.05, 0.1) is 12.0 Å². The molecule has 0 bridgehead atoms. The second-order valence-corrected chi connectivity index (χ2v) is 7.15. The van der Waals surface area contributed by atoms with Crippen molar-refractivity contribution in [2.75, 3.05) is 19.7 Å². The van der Waals surface area contributed by atoms with Crippen LogP contribution in [0.3, 0.4) is 0 Å². The number of nitrogens with zero attached hydrogens (tertiary/aromatic N) is 1. The van der Waals surface area contributed by atoms with Crippen LogP contribution >= 0.6 is 11.6 Å². The number of hydrogen-bond donors (Lipinski definition) is 1. The van der Waals surface area contributed by atoms with Gasteiger partial charge in [-0.25, -0.2) is 0 Å². The number of halogens is 1. The van der Waals surface area contributed by atoms with Gasteiger partial charge in [0.15, 0.2) is 0 Å². The fourth-order valence-corrected chi connectivity index (χ4v) is 4.10. The Morgan fingerprint density at radius 2 is 1.92 bits per heavy atom. The highest BCUT2D eigenvalue weighted by Crippen LogP contribution is 2.33. The van der Waals surface area contributed by atoms with E-state index < -0.39 is 11.9 Å². The van der Waals surface area contributed by atoms with Gasteiger partial charge >= 0.3 is 5.97 Å². The van der Waals surface area contributed by atoms with E-state index in [4.69, 9.17) is 16.3 Å². The second kappa shape index (κ2) is 7.11. The van der Waals surface area contributed by atoms with Gasteiger partial charge in [0.25, 0.3) is 5.91 Å². The van der Waals surface area contributed by atoms with Gasteiger partial charge in [0, 0.05) is 30.3 Å². The Bertz CT molecular complexity index is 620. The SMILES string of the molecule is Cc1cc(Cl)cc(C(=O)N2CCC([C@@H]3OCCC3C(=O)O)CC2)c1. The molecule has 2 saturated heterocycles. The van der Waals surface area contributed by atoms with Gasteiger partial charge in [0.2, 0.25) is 0 Å². The van der Waals surface area contributed by atoms with Crippen molar-refractivity contribution in [1.29, 1.82) is 0 Å². The predicted octanol–water partition coefficient (Wildman–Crippen LogP) is 2.99. The summed E-state index contributed by atoms with van der Waals surface area (Å²) in [5.41, 5.74) is 1.57. The number of amides is 1. The number of carbonyl (C=O) groups is 2. The van der Waals surface area contributed by atoms with Crippen molar-refractivity contribution in [2.45, 2.75) is 32.3 Å². The molecule has 2 heterocycles. The maximum Gasteiger partial charge on any atom is 0.309 e. The molecular weight excluding hydrogens is 330 g/mol. The Morgan fingerprint density at radius 1 is 1.21 bits per heavy atom. The predicted molar refractivity (Wildman–Crippen MR) is 90.3 cm³/mol. The fourth-order valence-electron chi connectivity index (χ4n) is 3.81. The maximum absolute atomic E-state index is 12.6. The van der Waals surface area contributed by atoms with Gasteiger partial charge in [-0.1, -0.05) is 11.6 Å². The lowest BCUT2D eigenvalue weighted by Gasteiger charge is -2.35. The first-order valence-electron chi connectivity index (χ1n) is 8.36. The molecule has 130 valence electrons. The van der Waals surface area contributed by atoms with Gasteiger partial charge in [0.1, 0.15) is 0 Å². The van der Waals surface area contributed by atoms with E-state index in [1.807, 2.05) is 24.0 Å². The van der Waals surface area contributed by atoms with Crippen LogP contribution in [0.25, 0.3) is 0 Å². The number of piperidine rings is 1. The molecule has 0 radical (unpaired) electrons. The van der Waals surface area contributed by atoms with Gasteiger partial charge in [-0.05, 0) is 55.9 Å². The third-order valence-electron chi connectivity index (χ3n) is 5.03. The Hall–Kier alpha value is -1.59. The van der Waals surface area contributed by atoms with Gasteiger partial charge in [-0.3, -0.25) is 9.59 Å². The van der Waals surface area contributed by atoms with Crippen LogP contribution in [0, 0.1) is 18.8 Å². The zero-order valence-electron chi connectivity index (χ0n) is 13.7. The van der Waals surface area contributed by atoms with Crippen molar-refractivity contribution in [2.24, 2.45) is 11.8 Å². The van der Waals surface area contributed by atoms with Crippen LogP contribution in [0.1, 0.15) is 35.2 Å². The van der Waals surface area contributed by atoms with E-state index in [-0.39, 0.29) is 17.9 Å². The van der Waals surface area contributed by atoms with Crippen molar-refractivity contribution >= 4 is 23.5 Å². The molecule has 1 amide bonds. The minimum atomic E-state index is -0.773. The lowest BCUT2D eigenvalue weighted by Crippen LogP contribution is -2.43. The number of rotatable bonds is 3. The van der Waals surface area contributed by atoms with Gasteiger partial charge in [-0.15, -0.1) is 0 Å². The minimum absolute atomic E-state index is 0.0128. The molecule has 2 aliphatic heterocycles. The first-order chi connectivity index (χ1) is 11.5. The molecule has 0 aliphatic carbocycles. The number of benzene rings is 1. The molecule has 1 aromatic rings. The summed E-state index contributed by atoms with van der Waals surface area (Å²) in [7, 11) is 0. The van der Waals surface area contributed by atoms with Crippen LogP contribution in [0.4, 0.5) is 0 Å². The number of carboxylic acid groups (broad SMARTS) is 1. The molecule has 1 N–H and O–H groups in total. The number of carboxylic acids is 1. The first-order valence-corrected chi connectivity index (χ1v) is 8.74. The topological polar surface area (TPSA) is 66.8 Å². The molecule has 2 aliphatic rings. The molecular formula is C18H22ClNO4. The number of likely N-dealkylation sites (tertiary alicyclic amines) is 1. The summed E-state index contributed by atoms with van der Waals surface area (Å²) in [4.78, 5) is 25.8. The average molecular weight is 352 g/mol. The number of hydrogen-bond acceptors (Lipinski definition) is 3. The fraction of sp³-hybridized carbons (Fsp3) is 0.556. The van der Waals surface area contributed by atoms with Crippen LogP contribution < -0.4 is 0 Å². The highest BCUT2D eigenvalue weighted by Gasteiger charge is 2.40. The molecule has 2 fully saturated rings. The van der Waals surface area contributed by atoms with E-state index in [9.17, 15) is 14.7 Å². The van der Waals surface area contributed by atoms with E-state index in [1.54, 1.807) is 6.07 Å². The lowest BCUT2D eigenvalue weighted by molar-refractivity contribution is -0.145. The summed E-state index contributed by atoms with van der Waals surface area (Å²) in [6.07, 6.45) is 1.92. The van der Waals surface area contributed by atoms with E-state index in [0.29, 0.717) is 36.7 Å². The van der Waals surface area contributed by atoms with Crippen LogP contribution in [0.2, 0.25) is 5.02 Å². The minimum Gasteiger partial charge on any atom is -0.481 e. The maximum atomic E-state index is 12.6. The molecule has 6 heteroatoms. The van der Waals surface area contributed by atoms with E-state index in [2.05, 4.69) is 0 Å². The van der Waals surface area contributed by atoms with Crippen molar-refractivity contribution in [1.82, 2.24) is 4.90 Å². The molecule has 5 nitrogen and oxygen atoms in total. The zero-order valence-corrected chi connectivity index (χ0v) is 14.5. The summed E-state index contributed by atoms with van der Waals surface area (Å²) < 4.78 is 5.68. The Morgan fingerprint density at radius 3 is 2.54 bits per heavy atom. The summed E-state index contributed by atoms with van der Waals surface area (Å²) in [5, 5.41) is 9.86. The van der Waals surface area contributed by atoms with Crippen LogP contribution in [-0.2, 0) is 9.53 Å². The molecule has 3 rings (SSSR count). The highest BCUT2D eigenvalue weighted by molar-refractivity contribution is 6.31. The van der Waals surface area contributed by atoms with E-state index in [0.717, 1.165) is 18.4 Å².